The number of rotatable bonds is 4. The zero-order valence-corrected chi connectivity index (χ0v) is 8.94. The summed E-state index contributed by atoms with van der Waals surface area (Å²) in [6.45, 7) is 4.55. The van der Waals surface area contributed by atoms with Gasteiger partial charge in [0.05, 0.1) is 0 Å². The lowest BCUT2D eigenvalue weighted by Crippen LogP contribution is -2.59. The lowest BCUT2D eigenvalue weighted by molar-refractivity contribution is -0.121. The van der Waals surface area contributed by atoms with Gasteiger partial charge in [0.25, 0.3) is 0 Å². The molecule has 1 amide bonds. The Labute approximate surface area is 85.9 Å². The fourth-order valence-electron chi connectivity index (χ4n) is 0.754. The number of nitrogens with one attached hydrogen (secondary N) is 1. The Kier molecular flexibility index (Phi) is 3.59. The number of carbonyl (C=O) groups excluding carboxylic acids is 1. The molecule has 0 radical (unpaired) electrons. The normalized spacial score (nSPS) is 13.4. The van der Waals surface area contributed by atoms with Gasteiger partial charge in [-0.1, -0.05) is 6.58 Å². The van der Waals surface area contributed by atoms with Crippen molar-refractivity contribution >= 4 is 16.0 Å². The minimum Gasteiger partial charge on any atom is -0.340 e. The predicted octanol–water partition coefficient (Wildman–Crippen LogP) is 0.548. The lowest BCUT2D eigenvalue weighted by Gasteiger charge is -2.31. The number of alkyl halides is 2. The van der Waals surface area contributed by atoms with E-state index in [0.717, 1.165) is 13.8 Å². The third kappa shape index (κ3) is 2.72. The maximum atomic E-state index is 13.1. The van der Waals surface area contributed by atoms with Gasteiger partial charge < -0.3 is 5.32 Å². The van der Waals surface area contributed by atoms with E-state index >= 15 is 0 Å². The standard InChI is InChI=1S/C7H11F2NO4S/c1-4-5(11)10-6(2,3)7(8,9)15(12,13)14/h4H,1H2,2-3H3,(H,10,11)(H,12,13,14). The molecule has 0 aromatic rings. The average Bonchev–Trinajstić information content (AvgIpc) is 2.00. The maximum absolute atomic E-state index is 13.1. The van der Waals surface area contributed by atoms with Crippen LogP contribution in [0.1, 0.15) is 13.8 Å². The molecule has 0 aromatic carbocycles. The van der Waals surface area contributed by atoms with E-state index in [4.69, 9.17) is 4.55 Å². The Bertz CT molecular complexity index is 374. The summed E-state index contributed by atoms with van der Waals surface area (Å²) in [4.78, 5) is 10.8. The zero-order chi connectivity index (χ0) is 12.5. The monoisotopic (exact) mass is 243 g/mol. The van der Waals surface area contributed by atoms with Gasteiger partial charge in [0.15, 0.2) is 0 Å². The summed E-state index contributed by atoms with van der Waals surface area (Å²) >= 11 is 0. The average molecular weight is 243 g/mol. The molecule has 5 nitrogen and oxygen atoms in total. The van der Waals surface area contributed by atoms with E-state index in [9.17, 15) is 22.0 Å². The number of halogens is 2. The third-order valence-electron chi connectivity index (χ3n) is 1.67. The summed E-state index contributed by atoms with van der Waals surface area (Å²) in [7, 11) is -5.60. The molecule has 0 aliphatic carbocycles. The summed E-state index contributed by atoms with van der Waals surface area (Å²) in [5.41, 5.74) is -2.44. The van der Waals surface area contributed by atoms with Crippen molar-refractivity contribution in [3.63, 3.8) is 0 Å². The highest BCUT2D eigenvalue weighted by molar-refractivity contribution is 7.87. The molecule has 8 heteroatoms. The first kappa shape index (κ1) is 14.0. The van der Waals surface area contributed by atoms with E-state index in [1.807, 2.05) is 0 Å². The van der Waals surface area contributed by atoms with E-state index in [0.29, 0.717) is 6.08 Å². The van der Waals surface area contributed by atoms with Crippen molar-refractivity contribution in [1.29, 1.82) is 0 Å². The molecule has 0 fully saturated rings. The van der Waals surface area contributed by atoms with Crippen LogP contribution < -0.4 is 5.32 Å². The van der Waals surface area contributed by atoms with Crippen molar-refractivity contribution in [1.82, 2.24) is 5.32 Å². The van der Waals surface area contributed by atoms with Crippen LogP contribution in [0.15, 0.2) is 12.7 Å². The molecule has 0 bridgehead atoms. The summed E-state index contributed by atoms with van der Waals surface area (Å²) in [6.07, 6.45) is 0.710. The Morgan fingerprint density at radius 2 is 1.87 bits per heavy atom. The molecule has 88 valence electrons. The van der Waals surface area contributed by atoms with E-state index in [2.05, 4.69) is 6.58 Å². The predicted molar refractivity (Wildman–Crippen MR) is 48.9 cm³/mol. The molecule has 0 aliphatic heterocycles. The number of amides is 1. The van der Waals surface area contributed by atoms with Gasteiger partial charge in [-0.25, -0.2) is 0 Å². The highest BCUT2D eigenvalue weighted by Gasteiger charge is 2.58. The highest BCUT2D eigenvalue weighted by Crippen LogP contribution is 2.33. The Hall–Kier alpha value is -1.02. The molecule has 0 saturated heterocycles. The van der Waals surface area contributed by atoms with Gasteiger partial charge in [-0.3, -0.25) is 9.35 Å². The van der Waals surface area contributed by atoms with Crippen molar-refractivity contribution in [2.75, 3.05) is 0 Å². The molecular weight excluding hydrogens is 232 g/mol. The van der Waals surface area contributed by atoms with Gasteiger partial charge in [0.2, 0.25) is 5.91 Å². The quantitative estimate of drug-likeness (QED) is 0.558. The topological polar surface area (TPSA) is 83.5 Å². The fraction of sp³-hybridized carbons (Fsp3) is 0.571. The van der Waals surface area contributed by atoms with Gasteiger partial charge in [0, 0.05) is 0 Å². The van der Waals surface area contributed by atoms with Gasteiger partial charge >= 0.3 is 15.4 Å². The van der Waals surface area contributed by atoms with Gasteiger partial charge in [-0.2, -0.15) is 17.2 Å². The molecule has 0 heterocycles. The molecule has 0 spiro atoms. The van der Waals surface area contributed by atoms with Crippen LogP contribution in [0.5, 0.6) is 0 Å². The minimum absolute atomic E-state index is 0.710. The van der Waals surface area contributed by atoms with E-state index < -0.39 is 26.8 Å². The first-order chi connectivity index (χ1) is 6.45. The number of carbonyl (C=O) groups is 1. The van der Waals surface area contributed by atoms with Gasteiger partial charge in [0.1, 0.15) is 5.54 Å². The SMILES string of the molecule is C=CC(=O)NC(C)(C)C(F)(F)S(=O)(=O)O. The van der Waals surface area contributed by atoms with E-state index in [-0.39, 0.29) is 0 Å². The zero-order valence-electron chi connectivity index (χ0n) is 8.12. The third-order valence-corrected chi connectivity index (χ3v) is 2.83. The maximum Gasteiger partial charge on any atom is 0.391 e. The first-order valence-corrected chi connectivity index (χ1v) is 5.19. The molecule has 15 heavy (non-hydrogen) atoms. The van der Waals surface area contributed by atoms with E-state index in [1.165, 1.54) is 0 Å². The first-order valence-electron chi connectivity index (χ1n) is 3.75. The van der Waals surface area contributed by atoms with Crippen LogP contribution >= 0.6 is 0 Å². The van der Waals surface area contributed by atoms with Crippen LogP contribution in [0, 0.1) is 0 Å². The van der Waals surface area contributed by atoms with Crippen molar-refractivity contribution in [2.24, 2.45) is 0 Å². The molecule has 0 rings (SSSR count). The summed E-state index contributed by atoms with van der Waals surface area (Å²) in [5.74, 6) is -0.969. The second kappa shape index (κ2) is 3.86. The molecular formula is C7H11F2NO4S. The molecule has 0 aromatic heterocycles. The Balaban J connectivity index is 5.20. The largest absolute Gasteiger partial charge is 0.391 e. The van der Waals surface area contributed by atoms with Crippen LogP contribution in [0.25, 0.3) is 0 Å². The molecule has 2 N–H and O–H groups in total. The van der Waals surface area contributed by atoms with Crippen molar-refractivity contribution in [2.45, 2.75) is 24.6 Å². The van der Waals surface area contributed by atoms with Crippen LogP contribution in [0.4, 0.5) is 8.78 Å². The Morgan fingerprint density at radius 1 is 1.47 bits per heavy atom. The second-order valence-corrected chi connectivity index (χ2v) is 4.77. The molecule has 0 aliphatic rings. The summed E-state index contributed by atoms with van der Waals surface area (Å²) < 4.78 is 55.3. The van der Waals surface area contributed by atoms with E-state index in [1.54, 1.807) is 5.32 Å². The Morgan fingerprint density at radius 3 is 2.13 bits per heavy atom. The fourth-order valence-corrected chi connectivity index (χ4v) is 1.45. The summed E-state index contributed by atoms with van der Waals surface area (Å²) in [5, 5.41) is -2.78. The molecule has 0 atom stereocenters. The number of hydrogen-bond donors (Lipinski definition) is 2. The van der Waals surface area contributed by atoms with Gasteiger partial charge in [-0.15, -0.1) is 0 Å². The van der Waals surface area contributed by atoms with Crippen molar-refractivity contribution < 1.29 is 26.5 Å². The molecule has 0 unspecified atom stereocenters. The van der Waals surface area contributed by atoms with Crippen LogP contribution in [-0.4, -0.2) is 29.7 Å². The van der Waals surface area contributed by atoms with Crippen LogP contribution in [0.3, 0.4) is 0 Å². The van der Waals surface area contributed by atoms with Crippen LogP contribution in [0.2, 0.25) is 0 Å². The van der Waals surface area contributed by atoms with Crippen molar-refractivity contribution in [3.8, 4) is 0 Å². The second-order valence-electron chi connectivity index (χ2n) is 3.31. The smallest absolute Gasteiger partial charge is 0.340 e. The van der Waals surface area contributed by atoms with Crippen molar-refractivity contribution in [3.05, 3.63) is 12.7 Å². The lowest BCUT2D eigenvalue weighted by atomic mass is 10.1. The highest BCUT2D eigenvalue weighted by atomic mass is 32.2. The summed E-state index contributed by atoms with van der Waals surface area (Å²) in [6, 6.07) is 0. The van der Waals surface area contributed by atoms with Gasteiger partial charge in [-0.05, 0) is 19.9 Å². The minimum atomic E-state index is -5.60. The number of hydrogen-bond acceptors (Lipinski definition) is 3. The molecule has 0 saturated carbocycles. The van der Waals surface area contributed by atoms with Crippen LogP contribution in [-0.2, 0) is 14.9 Å².